The first kappa shape index (κ1) is 21.6. The molecule has 0 aromatic heterocycles. The van der Waals surface area contributed by atoms with Gasteiger partial charge in [-0.15, -0.1) is 0 Å². The summed E-state index contributed by atoms with van der Waals surface area (Å²) in [7, 11) is -3.58. The molecule has 4 rings (SSSR count). The average Bonchev–Trinajstić information content (AvgIpc) is 2.81. The van der Waals surface area contributed by atoms with Crippen molar-refractivity contribution in [1.29, 1.82) is 0 Å². The summed E-state index contributed by atoms with van der Waals surface area (Å²) in [4.78, 5) is 15.1. The number of sulfonamides is 1. The van der Waals surface area contributed by atoms with Crippen LogP contribution in [0.15, 0.2) is 47.4 Å². The molecule has 1 amide bonds. The maximum Gasteiger partial charge on any atom is 0.257 e. The average molecular weight is 447 g/mol. The Morgan fingerprint density at radius 1 is 0.903 bits per heavy atom. The van der Waals surface area contributed by atoms with Gasteiger partial charge < -0.3 is 25.4 Å². The third-order valence-corrected chi connectivity index (χ3v) is 7.29. The Balaban J connectivity index is 1.47. The zero-order valence-electron chi connectivity index (χ0n) is 17.1. The molecule has 31 heavy (non-hydrogen) atoms. The van der Waals surface area contributed by atoms with Gasteiger partial charge in [0.05, 0.1) is 36.9 Å². The number of hydrogen-bond acceptors (Lipinski definition) is 7. The normalized spacial score (nSPS) is 18.0. The van der Waals surface area contributed by atoms with Gasteiger partial charge in [-0.1, -0.05) is 0 Å². The predicted octanol–water partition coefficient (Wildman–Crippen LogP) is 1.38. The molecule has 166 valence electrons. The summed E-state index contributed by atoms with van der Waals surface area (Å²) in [5, 5.41) is 2.80. The van der Waals surface area contributed by atoms with Gasteiger partial charge in [0.25, 0.3) is 5.91 Å². The smallest absolute Gasteiger partial charge is 0.257 e. The molecule has 0 radical (unpaired) electrons. The van der Waals surface area contributed by atoms with Crippen LogP contribution in [-0.4, -0.2) is 71.2 Å². The highest BCUT2D eigenvalue weighted by Crippen LogP contribution is 2.24. The van der Waals surface area contributed by atoms with E-state index in [1.165, 1.54) is 16.4 Å². The summed E-state index contributed by atoms with van der Waals surface area (Å²) in [5.74, 6) is -0.351. The second kappa shape index (κ2) is 9.23. The standard InChI is InChI=1S/C21H26N4O5S/c22-20-6-3-17(24-7-11-29-12-8-24)15-19(20)21(26)23-16-1-4-18(5-2-16)31(27,28)25-9-13-30-14-10-25/h1-6,15H,7-14,22H2,(H,23,26). The number of nitrogens with one attached hydrogen (secondary N) is 1. The van der Waals surface area contributed by atoms with E-state index in [1.807, 2.05) is 6.07 Å². The van der Waals surface area contributed by atoms with E-state index in [0.717, 1.165) is 18.8 Å². The first-order valence-corrected chi connectivity index (χ1v) is 11.6. The van der Waals surface area contributed by atoms with Gasteiger partial charge in [-0.05, 0) is 42.5 Å². The summed E-state index contributed by atoms with van der Waals surface area (Å²) in [6, 6.07) is 11.5. The van der Waals surface area contributed by atoms with Crippen LogP contribution in [0.3, 0.4) is 0 Å². The fraction of sp³-hybridized carbons (Fsp3) is 0.381. The molecule has 10 heteroatoms. The molecule has 2 heterocycles. The monoisotopic (exact) mass is 446 g/mol. The summed E-state index contributed by atoms with van der Waals surface area (Å²) < 4.78 is 37.5. The van der Waals surface area contributed by atoms with Gasteiger partial charge in [0.1, 0.15) is 0 Å². The Kier molecular flexibility index (Phi) is 6.42. The van der Waals surface area contributed by atoms with E-state index in [-0.39, 0.29) is 10.8 Å². The minimum absolute atomic E-state index is 0.182. The zero-order valence-corrected chi connectivity index (χ0v) is 17.9. The van der Waals surface area contributed by atoms with Gasteiger partial charge in [-0.2, -0.15) is 4.31 Å². The predicted molar refractivity (Wildman–Crippen MR) is 118 cm³/mol. The molecule has 2 saturated heterocycles. The minimum atomic E-state index is -3.58. The second-order valence-electron chi connectivity index (χ2n) is 7.37. The van der Waals surface area contributed by atoms with E-state index in [2.05, 4.69) is 10.2 Å². The van der Waals surface area contributed by atoms with Gasteiger partial charge in [0.15, 0.2) is 0 Å². The lowest BCUT2D eigenvalue weighted by Crippen LogP contribution is -2.40. The van der Waals surface area contributed by atoms with Crippen molar-refractivity contribution in [2.24, 2.45) is 0 Å². The van der Waals surface area contributed by atoms with E-state index in [1.54, 1.807) is 24.3 Å². The van der Waals surface area contributed by atoms with Crippen molar-refractivity contribution in [2.75, 3.05) is 68.6 Å². The number of amides is 1. The minimum Gasteiger partial charge on any atom is -0.398 e. The number of hydrogen-bond donors (Lipinski definition) is 2. The molecule has 0 spiro atoms. The number of benzene rings is 2. The fourth-order valence-electron chi connectivity index (χ4n) is 3.60. The van der Waals surface area contributed by atoms with Crippen LogP contribution in [-0.2, 0) is 19.5 Å². The molecule has 2 aromatic carbocycles. The molecule has 0 bridgehead atoms. The quantitative estimate of drug-likeness (QED) is 0.667. The number of morpholine rings is 2. The van der Waals surface area contributed by atoms with Gasteiger partial charge in [0.2, 0.25) is 10.0 Å². The molecule has 9 nitrogen and oxygen atoms in total. The van der Waals surface area contributed by atoms with Crippen LogP contribution in [0.25, 0.3) is 0 Å². The van der Waals surface area contributed by atoms with Crippen LogP contribution >= 0.6 is 0 Å². The number of rotatable bonds is 5. The molecule has 2 aliphatic rings. The Morgan fingerprint density at radius 2 is 1.52 bits per heavy atom. The lowest BCUT2D eigenvalue weighted by Gasteiger charge is -2.29. The molecular weight excluding hydrogens is 420 g/mol. The third-order valence-electron chi connectivity index (χ3n) is 5.38. The van der Waals surface area contributed by atoms with E-state index < -0.39 is 10.0 Å². The van der Waals surface area contributed by atoms with Crippen LogP contribution in [0.5, 0.6) is 0 Å². The summed E-state index contributed by atoms with van der Waals surface area (Å²) in [5.41, 5.74) is 8.18. The number of nitrogens with zero attached hydrogens (tertiary/aromatic N) is 2. The van der Waals surface area contributed by atoms with Gasteiger partial charge in [-0.3, -0.25) is 4.79 Å². The van der Waals surface area contributed by atoms with Crippen molar-refractivity contribution in [1.82, 2.24) is 4.31 Å². The maximum atomic E-state index is 12.8. The number of anilines is 3. The number of nitrogens with two attached hydrogens (primary N) is 1. The van der Waals surface area contributed by atoms with Crippen molar-refractivity contribution in [3.8, 4) is 0 Å². The Hall–Kier alpha value is -2.66. The molecule has 0 atom stereocenters. The molecule has 0 aliphatic carbocycles. The highest BCUT2D eigenvalue weighted by atomic mass is 32.2. The van der Waals surface area contributed by atoms with Gasteiger partial charge >= 0.3 is 0 Å². The number of carbonyl (C=O) groups excluding carboxylic acids is 1. The van der Waals surface area contributed by atoms with E-state index >= 15 is 0 Å². The van der Waals surface area contributed by atoms with Crippen molar-refractivity contribution < 1.29 is 22.7 Å². The summed E-state index contributed by atoms with van der Waals surface area (Å²) in [6.45, 7) is 4.24. The molecule has 0 unspecified atom stereocenters. The van der Waals surface area contributed by atoms with Crippen LogP contribution in [0, 0.1) is 0 Å². The molecular formula is C21H26N4O5S. The lowest BCUT2D eigenvalue weighted by atomic mass is 10.1. The largest absolute Gasteiger partial charge is 0.398 e. The Bertz CT molecular complexity index is 1030. The van der Waals surface area contributed by atoms with Crippen molar-refractivity contribution >= 4 is 33.0 Å². The first-order valence-electron chi connectivity index (χ1n) is 10.2. The van der Waals surface area contributed by atoms with Crippen LogP contribution in [0.1, 0.15) is 10.4 Å². The second-order valence-corrected chi connectivity index (χ2v) is 9.30. The molecule has 2 aliphatic heterocycles. The summed E-state index contributed by atoms with van der Waals surface area (Å²) >= 11 is 0. The van der Waals surface area contributed by atoms with Crippen LogP contribution < -0.4 is 16.0 Å². The molecule has 2 aromatic rings. The van der Waals surface area contributed by atoms with Gasteiger partial charge in [0, 0.05) is 43.2 Å². The number of nitrogen functional groups attached to an aromatic ring is 1. The van der Waals surface area contributed by atoms with Crippen molar-refractivity contribution in [3.63, 3.8) is 0 Å². The SMILES string of the molecule is Nc1ccc(N2CCOCC2)cc1C(=O)Nc1ccc(S(=O)(=O)N2CCOCC2)cc1. The Labute approximate surface area is 181 Å². The van der Waals surface area contributed by atoms with E-state index in [0.29, 0.717) is 56.5 Å². The summed E-state index contributed by atoms with van der Waals surface area (Å²) in [6.07, 6.45) is 0. The highest BCUT2D eigenvalue weighted by molar-refractivity contribution is 7.89. The molecule has 2 fully saturated rings. The first-order chi connectivity index (χ1) is 14.9. The topological polar surface area (TPSA) is 114 Å². The number of ether oxygens (including phenoxy) is 2. The Morgan fingerprint density at radius 3 is 2.16 bits per heavy atom. The van der Waals surface area contributed by atoms with Crippen LogP contribution in [0.4, 0.5) is 17.1 Å². The fourth-order valence-corrected chi connectivity index (χ4v) is 5.01. The third kappa shape index (κ3) is 4.82. The van der Waals surface area contributed by atoms with E-state index in [4.69, 9.17) is 15.2 Å². The van der Waals surface area contributed by atoms with Crippen molar-refractivity contribution in [2.45, 2.75) is 4.90 Å². The van der Waals surface area contributed by atoms with Crippen molar-refractivity contribution in [3.05, 3.63) is 48.0 Å². The lowest BCUT2D eigenvalue weighted by molar-refractivity contribution is 0.0730. The zero-order chi connectivity index (χ0) is 21.8. The number of carbonyl (C=O) groups is 1. The molecule has 3 N–H and O–H groups in total. The van der Waals surface area contributed by atoms with Gasteiger partial charge in [-0.25, -0.2) is 8.42 Å². The highest BCUT2D eigenvalue weighted by Gasteiger charge is 2.26. The maximum absolute atomic E-state index is 12.8. The van der Waals surface area contributed by atoms with Crippen LogP contribution in [0.2, 0.25) is 0 Å². The van der Waals surface area contributed by atoms with E-state index in [9.17, 15) is 13.2 Å². The molecule has 0 saturated carbocycles.